The van der Waals surface area contributed by atoms with Crippen molar-refractivity contribution >= 4 is 28.4 Å². The molecule has 7 heteroatoms. The molecule has 4 rings (SSSR count). The molecule has 26 heavy (non-hydrogen) atoms. The predicted octanol–water partition coefficient (Wildman–Crippen LogP) is 2.59. The number of hydrogen-bond acceptors (Lipinski definition) is 4. The lowest BCUT2D eigenvalue weighted by atomic mass is 10.00. The molecule has 0 radical (unpaired) electrons. The fraction of sp³-hybridized carbons (Fsp3) is 0.263. The van der Waals surface area contributed by atoms with Crippen LogP contribution in [0.1, 0.15) is 29.6 Å². The Bertz CT molecular complexity index is 937. The van der Waals surface area contributed by atoms with Gasteiger partial charge in [0.1, 0.15) is 6.04 Å². The molecule has 2 N–H and O–H groups in total. The van der Waals surface area contributed by atoms with Gasteiger partial charge in [-0.15, -0.1) is 0 Å². The number of piperidine rings is 1. The summed E-state index contributed by atoms with van der Waals surface area (Å²) in [6, 6.07) is 8.58. The van der Waals surface area contributed by atoms with Crippen LogP contribution >= 0.6 is 0 Å². The van der Waals surface area contributed by atoms with Crippen molar-refractivity contribution in [1.82, 2.24) is 20.1 Å². The summed E-state index contributed by atoms with van der Waals surface area (Å²) in [5.41, 5.74) is 1.95. The molecule has 1 fully saturated rings. The van der Waals surface area contributed by atoms with Crippen LogP contribution in [0.15, 0.2) is 48.9 Å². The van der Waals surface area contributed by atoms with Crippen LogP contribution < -0.4 is 5.32 Å². The monoisotopic (exact) mass is 349 g/mol. The van der Waals surface area contributed by atoms with Crippen molar-refractivity contribution in [3.8, 4) is 0 Å². The molecule has 1 atom stereocenters. The number of carbonyl (C=O) groups is 2. The number of nitrogens with zero attached hydrogens (tertiary/aromatic N) is 3. The number of aromatic nitrogens is 3. The average molecular weight is 349 g/mol. The van der Waals surface area contributed by atoms with E-state index in [0.29, 0.717) is 24.2 Å². The molecule has 1 saturated heterocycles. The van der Waals surface area contributed by atoms with Gasteiger partial charge in [0.25, 0.3) is 5.91 Å². The first-order chi connectivity index (χ1) is 12.7. The first-order valence-electron chi connectivity index (χ1n) is 8.68. The molecule has 7 nitrogen and oxygen atoms in total. The number of nitrogens with one attached hydrogen (secondary N) is 2. The second kappa shape index (κ2) is 6.95. The van der Waals surface area contributed by atoms with Gasteiger partial charge in [0.05, 0.1) is 23.0 Å². The van der Waals surface area contributed by atoms with Crippen LogP contribution in [0.2, 0.25) is 0 Å². The molecule has 0 bridgehead atoms. The number of hydrogen-bond donors (Lipinski definition) is 2. The van der Waals surface area contributed by atoms with Crippen molar-refractivity contribution in [1.29, 1.82) is 0 Å². The highest BCUT2D eigenvalue weighted by molar-refractivity contribution is 6.04. The first-order valence-corrected chi connectivity index (χ1v) is 8.68. The van der Waals surface area contributed by atoms with Crippen LogP contribution in [0, 0.1) is 0 Å². The van der Waals surface area contributed by atoms with Gasteiger partial charge < -0.3 is 10.2 Å². The van der Waals surface area contributed by atoms with E-state index < -0.39 is 6.04 Å². The van der Waals surface area contributed by atoms with E-state index in [2.05, 4.69) is 20.5 Å². The lowest BCUT2D eigenvalue weighted by Gasteiger charge is -2.34. The largest absolute Gasteiger partial charge is 0.327 e. The van der Waals surface area contributed by atoms with Gasteiger partial charge in [-0.2, -0.15) is 5.10 Å². The maximum Gasteiger partial charge on any atom is 0.256 e. The number of rotatable bonds is 3. The van der Waals surface area contributed by atoms with Gasteiger partial charge in [-0.3, -0.25) is 19.7 Å². The van der Waals surface area contributed by atoms with Crippen LogP contribution in [0.3, 0.4) is 0 Å². The molecule has 0 aliphatic carbocycles. The third-order valence-electron chi connectivity index (χ3n) is 4.71. The van der Waals surface area contributed by atoms with E-state index in [-0.39, 0.29) is 11.8 Å². The number of anilines is 1. The number of para-hydroxylation sites is 1. The van der Waals surface area contributed by atoms with Gasteiger partial charge in [0.2, 0.25) is 5.91 Å². The van der Waals surface area contributed by atoms with Crippen molar-refractivity contribution in [3.05, 3.63) is 54.5 Å². The molecule has 2 aromatic heterocycles. The van der Waals surface area contributed by atoms with Crippen molar-refractivity contribution < 1.29 is 9.59 Å². The summed E-state index contributed by atoms with van der Waals surface area (Å²) >= 11 is 0. The average Bonchev–Trinajstić information content (AvgIpc) is 3.18. The van der Waals surface area contributed by atoms with E-state index in [1.807, 2.05) is 18.2 Å². The molecule has 0 unspecified atom stereocenters. The lowest BCUT2D eigenvalue weighted by Crippen LogP contribution is -2.50. The highest BCUT2D eigenvalue weighted by atomic mass is 16.2. The summed E-state index contributed by atoms with van der Waals surface area (Å²) in [5.74, 6) is -0.332. The maximum atomic E-state index is 12.9. The van der Waals surface area contributed by atoms with Crippen molar-refractivity contribution in [2.75, 3.05) is 11.9 Å². The van der Waals surface area contributed by atoms with Crippen LogP contribution in [0.25, 0.3) is 10.9 Å². The zero-order valence-electron chi connectivity index (χ0n) is 14.2. The van der Waals surface area contributed by atoms with Gasteiger partial charge in [-0.1, -0.05) is 12.1 Å². The Labute approximate surface area is 150 Å². The highest BCUT2D eigenvalue weighted by Crippen LogP contribution is 2.24. The maximum absolute atomic E-state index is 12.9. The standard InChI is InChI=1S/C19H19N5O2/c25-18(22-15-7-3-5-13-12-21-23-17(13)15)16-8-1-2-10-24(16)19(26)14-6-4-9-20-11-14/h3-7,9,11-12,16H,1-2,8,10H2,(H,21,23)(H,22,25)/t16-/m1/s1. The van der Waals surface area contributed by atoms with Gasteiger partial charge in [0, 0.05) is 24.3 Å². The molecular formula is C19H19N5O2. The summed E-state index contributed by atoms with van der Waals surface area (Å²) in [7, 11) is 0. The normalized spacial score (nSPS) is 17.2. The Morgan fingerprint density at radius 1 is 1.15 bits per heavy atom. The Hall–Kier alpha value is -3.22. The number of benzene rings is 1. The van der Waals surface area contributed by atoms with E-state index in [0.717, 1.165) is 23.7 Å². The minimum atomic E-state index is -0.491. The van der Waals surface area contributed by atoms with Crippen LogP contribution in [0.5, 0.6) is 0 Å². The molecule has 1 aliphatic heterocycles. The number of likely N-dealkylation sites (tertiary alicyclic amines) is 1. The second-order valence-electron chi connectivity index (χ2n) is 6.38. The van der Waals surface area contributed by atoms with Crippen LogP contribution in [0.4, 0.5) is 5.69 Å². The van der Waals surface area contributed by atoms with Gasteiger partial charge in [-0.05, 0) is 37.5 Å². The Balaban J connectivity index is 1.57. The lowest BCUT2D eigenvalue weighted by molar-refractivity contribution is -0.121. The number of carbonyl (C=O) groups excluding carboxylic acids is 2. The number of amides is 2. The SMILES string of the molecule is O=C(Nc1cccc2cn[nH]c12)[C@H]1CCCCN1C(=O)c1cccnc1. The topological polar surface area (TPSA) is 91.0 Å². The van der Waals surface area contributed by atoms with Crippen LogP contribution in [-0.2, 0) is 4.79 Å². The Morgan fingerprint density at radius 2 is 2.08 bits per heavy atom. The summed E-state index contributed by atoms with van der Waals surface area (Å²) in [6.07, 6.45) is 7.34. The van der Waals surface area contributed by atoms with E-state index in [1.54, 1.807) is 29.4 Å². The van der Waals surface area contributed by atoms with E-state index in [9.17, 15) is 9.59 Å². The fourth-order valence-electron chi connectivity index (χ4n) is 3.39. The zero-order valence-corrected chi connectivity index (χ0v) is 14.2. The van der Waals surface area contributed by atoms with Crippen molar-refractivity contribution in [3.63, 3.8) is 0 Å². The van der Waals surface area contributed by atoms with Crippen molar-refractivity contribution in [2.24, 2.45) is 0 Å². The van der Waals surface area contributed by atoms with E-state index in [4.69, 9.17) is 0 Å². The summed E-state index contributed by atoms with van der Waals surface area (Å²) in [4.78, 5) is 31.4. The number of fused-ring (bicyclic) bond motifs is 1. The van der Waals surface area contributed by atoms with Gasteiger partial charge in [-0.25, -0.2) is 0 Å². The molecule has 2 amide bonds. The molecular weight excluding hydrogens is 330 g/mol. The molecule has 1 aliphatic rings. The third-order valence-corrected chi connectivity index (χ3v) is 4.71. The Morgan fingerprint density at radius 3 is 2.92 bits per heavy atom. The molecule has 0 saturated carbocycles. The van der Waals surface area contributed by atoms with E-state index in [1.165, 1.54) is 6.20 Å². The molecule has 3 heterocycles. The number of H-pyrrole nitrogens is 1. The van der Waals surface area contributed by atoms with Gasteiger partial charge >= 0.3 is 0 Å². The van der Waals surface area contributed by atoms with Gasteiger partial charge in [0.15, 0.2) is 0 Å². The Kier molecular flexibility index (Phi) is 4.35. The summed E-state index contributed by atoms with van der Waals surface area (Å²) < 4.78 is 0. The number of pyridine rings is 1. The third kappa shape index (κ3) is 3.03. The van der Waals surface area contributed by atoms with Crippen LogP contribution in [-0.4, -0.2) is 44.5 Å². The molecule has 3 aromatic rings. The molecule has 132 valence electrons. The minimum absolute atomic E-state index is 0.155. The zero-order chi connectivity index (χ0) is 17.9. The smallest absolute Gasteiger partial charge is 0.256 e. The summed E-state index contributed by atoms with van der Waals surface area (Å²) in [6.45, 7) is 0.570. The molecule has 1 aromatic carbocycles. The number of aromatic amines is 1. The first kappa shape index (κ1) is 16.3. The fourth-order valence-corrected chi connectivity index (χ4v) is 3.39. The summed E-state index contributed by atoms with van der Waals surface area (Å²) in [5, 5.41) is 10.8. The molecule has 0 spiro atoms. The van der Waals surface area contributed by atoms with E-state index >= 15 is 0 Å². The minimum Gasteiger partial charge on any atom is -0.327 e. The van der Waals surface area contributed by atoms with Crippen molar-refractivity contribution in [2.45, 2.75) is 25.3 Å². The highest BCUT2D eigenvalue weighted by Gasteiger charge is 2.33. The predicted molar refractivity (Wildman–Crippen MR) is 97.6 cm³/mol. The quantitative estimate of drug-likeness (QED) is 0.760. The second-order valence-corrected chi connectivity index (χ2v) is 6.38.